The summed E-state index contributed by atoms with van der Waals surface area (Å²) >= 11 is 0. The van der Waals surface area contributed by atoms with Crippen molar-refractivity contribution in [1.82, 2.24) is 9.97 Å². The molecule has 1 saturated carbocycles. The summed E-state index contributed by atoms with van der Waals surface area (Å²) in [6.45, 7) is 2.16. The molecule has 0 radical (unpaired) electrons. The minimum atomic E-state index is -0.314. The molecule has 1 fully saturated rings. The minimum Gasteiger partial charge on any atom is -0.462 e. The van der Waals surface area contributed by atoms with Crippen molar-refractivity contribution < 1.29 is 9.53 Å². The second-order valence-electron chi connectivity index (χ2n) is 7.44. The summed E-state index contributed by atoms with van der Waals surface area (Å²) in [5, 5.41) is 4.52. The van der Waals surface area contributed by atoms with Gasteiger partial charge >= 0.3 is 5.97 Å². The zero-order valence-electron chi connectivity index (χ0n) is 16.6. The van der Waals surface area contributed by atoms with Gasteiger partial charge < -0.3 is 15.8 Å². The van der Waals surface area contributed by atoms with Crippen LogP contribution in [0.3, 0.4) is 0 Å². The predicted molar refractivity (Wildman–Crippen MR) is 116 cm³/mol. The highest BCUT2D eigenvalue weighted by Gasteiger charge is 2.16. The maximum Gasteiger partial charge on any atom is 0.338 e. The molecule has 0 amide bonds. The molecule has 0 unspecified atom stereocenters. The van der Waals surface area contributed by atoms with Crippen LogP contribution in [0, 0.1) is 0 Å². The highest BCUT2D eigenvalue weighted by molar-refractivity contribution is 5.95. The highest BCUT2D eigenvalue weighted by Crippen LogP contribution is 2.30. The summed E-state index contributed by atoms with van der Waals surface area (Å²) in [5.74, 6) is 0.738. The van der Waals surface area contributed by atoms with E-state index in [2.05, 4.69) is 21.4 Å². The second kappa shape index (κ2) is 8.47. The first-order chi connectivity index (χ1) is 14.1. The Hall–Kier alpha value is -3.15. The van der Waals surface area contributed by atoms with E-state index in [1.54, 1.807) is 13.0 Å². The number of carbonyl (C=O) groups is 1. The summed E-state index contributed by atoms with van der Waals surface area (Å²) < 4.78 is 5.12. The van der Waals surface area contributed by atoms with Crippen LogP contribution in [-0.4, -0.2) is 28.6 Å². The smallest absolute Gasteiger partial charge is 0.338 e. The number of hydrogen-bond acceptors (Lipinski definition) is 6. The van der Waals surface area contributed by atoms with E-state index in [-0.39, 0.29) is 11.9 Å². The number of anilines is 2. The number of esters is 1. The van der Waals surface area contributed by atoms with Crippen LogP contribution < -0.4 is 11.1 Å². The van der Waals surface area contributed by atoms with E-state index in [0.717, 1.165) is 40.7 Å². The van der Waals surface area contributed by atoms with Gasteiger partial charge in [-0.2, -0.15) is 4.98 Å². The Balaban J connectivity index is 1.71. The van der Waals surface area contributed by atoms with Crippen LogP contribution in [0.15, 0.2) is 42.5 Å². The van der Waals surface area contributed by atoms with Crippen molar-refractivity contribution >= 4 is 28.6 Å². The average Bonchev–Trinajstić information content (AvgIpc) is 2.74. The van der Waals surface area contributed by atoms with Gasteiger partial charge in [-0.15, -0.1) is 0 Å². The second-order valence-corrected chi connectivity index (χ2v) is 7.44. The van der Waals surface area contributed by atoms with Gasteiger partial charge in [-0.3, -0.25) is 0 Å². The van der Waals surface area contributed by atoms with Crippen LogP contribution in [0.5, 0.6) is 0 Å². The normalized spacial score (nSPS) is 14.7. The molecule has 4 rings (SSSR count). The largest absolute Gasteiger partial charge is 0.462 e. The summed E-state index contributed by atoms with van der Waals surface area (Å²) in [5.41, 5.74) is 9.23. The molecule has 29 heavy (non-hydrogen) atoms. The number of nitrogens with two attached hydrogens (primary N) is 1. The van der Waals surface area contributed by atoms with E-state index in [1.807, 2.05) is 30.3 Å². The van der Waals surface area contributed by atoms with Gasteiger partial charge in [-0.25, -0.2) is 9.78 Å². The Morgan fingerprint density at radius 2 is 1.90 bits per heavy atom. The molecule has 6 nitrogen and oxygen atoms in total. The van der Waals surface area contributed by atoms with Gasteiger partial charge in [0.2, 0.25) is 5.95 Å². The topological polar surface area (TPSA) is 90.1 Å². The van der Waals surface area contributed by atoms with E-state index in [1.165, 1.54) is 19.3 Å². The summed E-state index contributed by atoms with van der Waals surface area (Å²) in [6, 6.07) is 13.9. The molecule has 0 atom stereocenters. The first-order valence-electron chi connectivity index (χ1n) is 10.3. The van der Waals surface area contributed by atoms with Crippen molar-refractivity contribution in [3.05, 3.63) is 48.0 Å². The number of fused-ring (bicyclic) bond motifs is 1. The Kier molecular flexibility index (Phi) is 5.60. The summed E-state index contributed by atoms with van der Waals surface area (Å²) in [4.78, 5) is 21.0. The molecule has 1 aliphatic rings. The van der Waals surface area contributed by atoms with Crippen LogP contribution in [0.25, 0.3) is 22.0 Å². The number of rotatable bonds is 5. The lowest BCUT2D eigenvalue weighted by Gasteiger charge is -2.24. The number of hydrogen-bond donors (Lipinski definition) is 2. The molecule has 3 N–H and O–H groups in total. The molecule has 1 aliphatic carbocycles. The number of nitrogen functional groups attached to an aromatic ring is 1. The molecule has 0 aliphatic heterocycles. The molecule has 0 saturated heterocycles. The van der Waals surface area contributed by atoms with E-state index in [0.29, 0.717) is 18.2 Å². The van der Waals surface area contributed by atoms with Crippen molar-refractivity contribution in [2.24, 2.45) is 0 Å². The molecular weight excluding hydrogens is 364 g/mol. The number of ether oxygens (including phenoxy) is 1. The Morgan fingerprint density at radius 1 is 1.10 bits per heavy atom. The van der Waals surface area contributed by atoms with Gasteiger partial charge in [0.25, 0.3) is 0 Å². The third-order valence-electron chi connectivity index (χ3n) is 5.37. The van der Waals surface area contributed by atoms with Crippen molar-refractivity contribution in [3.63, 3.8) is 0 Å². The van der Waals surface area contributed by atoms with Crippen LogP contribution >= 0.6 is 0 Å². The Morgan fingerprint density at radius 3 is 2.69 bits per heavy atom. The maximum atomic E-state index is 12.1. The zero-order chi connectivity index (χ0) is 20.2. The number of nitrogens with zero attached hydrogens (tertiary/aromatic N) is 2. The van der Waals surface area contributed by atoms with Gasteiger partial charge in [-0.05, 0) is 55.2 Å². The van der Waals surface area contributed by atoms with Crippen LogP contribution in [-0.2, 0) is 4.74 Å². The van der Waals surface area contributed by atoms with Crippen molar-refractivity contribution in [3.8, 4) is 11.1 Å². The van der Waals surface area contributed by atoms with Gasteiger partial charge in [0, 0.05) is 11.4 Å². The standard InChI is InChI=1S/C23H26N4O2/c1-2-29-22(28)17-8-6-7-15(13-17)16-11-12-20-19(14-16)21(27-23(24)26-20)25-18-9-4-3-5-10-18/h6-8,11-14,18H,2-5,9-10H2,1H3,(H3,24,25,26,27). The summed E-state index contributed by atoms with van der Waals surface area (Å²) in [7, 11) is 0. The number of carbonyl (C=O) groups excluding carboxylic acids is 1. The lowest BCUT2D eigenvalue weighted by atomic mass is 9.95. The average molecular weight is 390 g/mol. The molecule has 2 aromatic carbocycles. The number of aromatic nitrogens is 2. The highest BCUT2D eigenvalue weighted by atomic mass is 16.5. The van der Waals surface area contributed by atoms with E-state index in [4.69, 9.17) is 10.5 Å². The van der Waals surface area contributed by atoms with Crippen LogP contribution in [0.2, 0.25) is 0 Å². The van der Waals surface area contributed by atoms with Gasteiger partial charge in [0.15, 0.2) is 0 Å². The van der Waals surface area contributed by atoms with Crippen molar-refractivity contribution in [2.45, 2.75) is 45.1 Å². The monoisotopic (exact) mass is 390 g/mol. The van der Waals surface area contributed by atoms with Crippen LogP contribution in [0.1, 0.15) is 49.4 Å². The molecule has 0 spiro atoms. The first kappa shape index (κ1) is 19.2. The fourth-order valence-electron chi connectivity index (χ4n) is 3.92. The van der Waals surface area contributed by atoms with Gasteiger partial charge in [-0.1, -0.05) is 37.5 Å². The van der Waals surface area contributed by atoms with E-state index >= 15 is 0 Å². The quantitative estimate of drug-likeness (QED) is 0.608. The van der Waals surface area contributed by atoms with Gasteiger partial charge in [0.1, 0.15) is 5.82 Å². The van der Waals surface area contributed by atoms with Gasteiger partial charge in [0.05, 0.1) is 17.7 Å². The predicted octanol–water partition coefficient (Wildman–Crippen LogP) is 4.80. The fraction of sp³-hybridized carbons (Fsp3) is 0.348. The molecule has 6 heteroatoms. The first-order valence-corrected chi connectivity index (χ1v) is 10.3. The van der Waals surface area contributed by atoms with E-state index < -0.39 is 0 Å². The molecule has 1 heterocycles. The number of nitrogens with one attached hydrogen (secondary N) is 1. The van der Waals surface area contributed by atoms with Crippen LogP contribution in [0.4, 0.5) is 11.8 Å². The Bertz CT molecular complexity index is 1030. The van der Waals surface area contributed by atoms with Crippen molar-refractivity contribution in [1.29, 1.82) is 0 Å². The van der Waals surface area contributed by atoms with Crippen molar-refractivity contribution in [2.75, 3.05) is 17.7 Å². The molecule has 3 aromatic rings. The minimum absolute atomic E-state index is 0.271. The third kappa shape index (κ3) is 4.31. The van der Waals surface area contributed by atoms with E-state index in [9.17, 15) is 4.79 Å². The zero-order valence-corrected chi connectivity index (χ0v) is 16.6. The summed E-state index contributed by atoms with van der Waals surface area (Å²) in [6.07, 6.45) is 6.06. The lowest BCUT2D eigenvalue weighted by molar-refractivity contribution is 0.0526. The number of benzene rings is 2. The SMILES string of the molecule is CCOC(=O)c1cccc(-c2ccc3nc(N)nc(NC4CCCCC4)c3c2)c1. The lowest BCUT2D eigenvalue weighted by Crippen LogP contribution is -2.23. The fourth-order valence-corrected chi connectivity index (χ4v) is 3.92. The third-order valence-corrected chi connectivity index (χ3v) is 5.37. The Labute approximate surface area is 170 Å². The molecule has 0 bridgehead atoms. The molecule has 150 valence electrons. The molecule has 1 aromatic heterocycles. The maximum absolute atomic E-state index is 12.1. The molecular formula is C23H26N4O2.